The Kier molecular flexibility index (Phi) is 7.02. The number of piperazine rings is 1. The zero-order valence-electron chi connectivity index (χ0n) is 18.5. The SMILES string of the molecule is Cc1cc(S(C)(=O)=O)ccc1OCCC(C)N1CCN(c2nc(C(C)C)no2)CC1. The summed E-state index contributed by atoms with van der Waals surface area (Å²) in [5.74, 6) is 1.74. The molecule has 1 aliphatic rings. The Morgan fingerprint density at radius 3 is 2.43 bits per heavy atom. The van der Waals surface area contributed by atoms with E-state index in [9.17, 15) is 8.42 Å². The molecule has 8 nitrogen and oxygen atoms in total. The summed E-state index contributed by atoms with van der Waals surface area (Å²) in [7, 11) is -3.20. The molecule has 1 unspecified atom stereocenters. The first-order valence-electron chi connectivity index (χ1n) is 10.4. The van der Waals surface area contributed by atoms with Crippen molar-refractivity contribution in [1.82, 2.24) is 15.0 Å². The number of hydrogen-bond acceptors (Lipinski definition) is 8. The van der Waals surface area contributed by atoms with Crippen LogP contribution in [0.5, 0.6) is 5.75 Å². The Morgan fingerprint density at radius 1 is 1.17 bits per heavy atom. The summed E-state index contributed by atoms with van der Waals surface area (Å²) < 4.78 is 34.6. The van der Waals surface area contributed by atoms with Crippen LogP contribution < -0.4 is 9.64 Å². The van der Waals surface area contributed by atoms with E-state index in [-0.39, 0.29) is 5.92 Å². The molecule has 1 aromatic heterocycles. The van der Waals surface area contributed by atoms with Gasteiger partial charge in [-0.3, -0.25) is 4.90 Å². The number of aromatic nitrogens is 2. The molecular formula is C21H32N4O4S. The van der Waals surface area contributed by atoms with Crippen LogP contribution in [0.3, 0.4) is 0 Å². The van der Waals surface area contributed by atoms with Crippen molar-refractivity contribution < 1.29 is 17.7 Å². The van der Waals surface area contributed by atoms with Crippen LogP contribution in [0.4, 0.5) is 6.01 Å². The van der Waals surface area contributed by atoms with Crippen LogP contribution in [0, 0.1) is 6.92 Å². The Balaban J connectivity index is 1.45. The van der Waals surface area contributed by atoms with E-state index in [1.165, 1.54) is 6.26 Å². The molecule has 1 aliphatic heterocycles. The van der Waals surface area contributed by atoms with E-state index < -0.39 is 9.84 Å². The van der Waals surface area contributed by atoms with Crippen LogP contribution in [0.2, 0.25) is 0 Å². The van der Waals surface area contributed by atoms with Crippen molar-refractivity contribution in [3.63, 3.8) is 0 Å². The second kappa shape index (κ2) is 9.34. The van der Waals surface area contributed by atoms with Crippen LogP contribution in [0.15, 0.2) is 27.6 Å². The van der Waals surface area contributed by atoms with Crippen molar-refractivity contribution in [2.24, 2.45) is 0 Å². The van der Waals surface area contributed by atoms with Crippen LogP contribution in [-0.4, -0.2) is 68.5 Å². The molecule has 0 radical (unpaired) electrons. The standard InChI is InChI=1S/C21H32N4O4S/c1-15(2)20-22-21(29-23-20)25-11-9-24(10-12-25)17(4)8-13-28-19-7-6-18(14-16(19)3)30(5,26)27/h6-7,14-15,17H,8-13H2,1-5H3. The quantitative estimate of drug-likeness (QED) is 0.624. The molecule has 9 heteroatoms. The third-order valence-corrected chi connectivity index (χ3v) is 6.63. The summed E-state index contributed by atoms with van der Waals surface area (Å²) in [6, 6.07) is 6.00. The summed E-state index contributed by atoms with van der Waals surface area (Å²) in [5, 5.41) is 4.05. The lowest BCUT2D eigenvalue weighted by molar-refractivity contribution is 0.163. The Morgan fingerprint density at radius 2 is 1.87 bits per heavy atom. The molecule has 1 aromatic carbocycles. The van der Waals surface area contributed by atoms with Crippen LogP contribution in [0.25, 0.3) is 0 Å². The van der Waals surface area contributed by atoms with Gasteiger partial charge in [-0.05, 0) is 44.0 Å². The average molecular weight is 437 g/mol. The number of sulfone groups is 1. The summed E-state index contributed by atoms with van der Waals surface area (Å²) in [5.41, 5.74) is 0.833. The molecule has 1 fully saturated rings. The molecular weight excluding hydrogens is 404 g/mol. The topological polar surface area (TPSA) is 88.8 Å². The maximum atomic E-state index is 11.7. The fourth-order valence-corrected chi connectivity index (χ4v) is 4.19. The van der Waals surface area contributed by atoms with Crippen molar-refractivity contribution in [3.8, 4) is 5.75 Å². The van der Waals surface area contributed by atoms with E-state index in [0.29, 0.717) is 23.6 Å². The lowest BCUT2D eigenvalue weighted by Gasteiger charge is -2.37. The molecule has 0 bridgehead atoms. The van der Waals surface area contributed by atoms with E-state index in [0.717, 1.165) is 49.7 Å². The summed E-state index contributed by atoms with van der Waals surface area (Å²) in [6.45, 7) is 12.4. The van der Waals surface area contributed by atoms with Gasteiger partial charge in [0.25, 0.3) is 0 Å². The van der Waals surface area contributed by atoms with E-state index >= 15 is 0 Å². The number of nitrogens with zero attached hydrogens (tertiary/aromatic N) is 4. The van der Waals surface area contributed by atoms with Gasteiger partial charge in [0.15, 0.2) is 15.7 Å². The van der Waals surface area contributed by atoms with Crippen molar-refractivity contribution in [3.05, 3.63) is 29.6 Å². The molecule has 0 spiro atoms. The van der Waals surface area contributed by atoms with Gasteiger partial charge in [0.05, 0.1) is 11.5 Å². The zero-order valence-corrected chi connectivity index (χ0v) is 19.3. The molecule has 0 saturated carbocycles. The van der Waals surface area contributed by atoms with E-state index in [1.807, 2.05) is 6.92 Å². The smallest absolute Gasteiger partial charge is 0.324 e. The van der Waals surface area contributed by atoms with Gasteiger partial charge in [0, 0.05) is 44.4 Å². The van der Waals surface area contributed by atoms with Gasteiger partial charge in [-0.2, -0.15) is 4.98 Å². The lowest BCUT2D eigenvalue weighted by Crippen LogP contribution is -2.50. The predicted molar refractivity (Wildman–Crippen MR) is 116 cm³/mol. The Labute approximate surface area is 179 Å². The minimum atomic E-state index is -3.20. The molecule has 0 amide bonds. The fourth-order valence-electron chi connectivity index (χ4n) is 3.48. The van der Waals surface area contributed by atoms with Gasteiger partial charge >= 0.3 is 6.01 Å². The Bertz CT molecular complexity index is 950. The molecule has 30 heavy (non-hydrogen) atoms. The predicted octanol–water partition coefficient (Wildman–Crippen LogP) is 2.88. The molecule has 0 aliphatic carbocycles. The van der Waals surface area contributed by atoms with Crippen LogP contribution in [0.1, 0.15) is 44.5 Å². The first-order chi connectivity index (χ1) is 14.1. The highest BCUT2D eigenvalue weighted by atomic mass is 32.2. The largest absolute Gasteiger partial charge is 0.493 e. The molecule has 2 heterocycles. The van der Waals surface area contributed by atoms with Gasteiger partial charge in [-0.1, -0.05) is 19.0 Å². The number of anilines is 1. The van der Waals surface area contributed by atoms with E-state index in [4.69, 9.17) is 9.26 Å². The normalized spacial score (nSPS) is 16.8. The van der Waals surface area contributed by atoms with E-state index in [1.54, 1.807) is 18.2 Å². The summed E-state index contributed by atoms with van der Waals surface area (Å²) in [4.78, 5) is 9.40. The second-order valence-corrected chi connectivity index (χ2v) is 10.3. The molecule has 1 saturated heterocycles. The van der Waals surface area contributed by atoms with Gasteiger partial charge in [0.1, 0.15) is 5.75 Å². The molecule has 2 aromatic rings. The number of benzene rings is 1. The molecule has 0 N–H and O–H groups in total. The number of hydrogen-bond donors (Lipinski definition) is 0. The van der Waals surface area contributed by atoms with Crippen molar-refractivity contribution in [2.75, 3.05) is 43.9 Å². The van der Waals surface area contributed by atoms with Crippen LogP contribution in [-0.2, 0) is 9.84 Å². The first-order valence-corrected chi connectivity index (χ1v) is 12.3. The molecule has 166 valence electrons. The monoisotopic (exact) mass is 436 g/mol. The van der Waals surface area contributed by atoms with Gasteiger partial charge < -0.3 is 14.2 Å². The number of rotatable bonds is 8. The number of aryl methyl sites for hydroxylation is 1. The summed E-state index contributed by atoms with van der Waals surface area (Å²) >= 11 is 0. The summed E-state index contributed by atoms with van der Waals surface area (Å²) in [6.07, 6.45) is 2.11. The maximum Gasteiger partial charge on any atom is 0.324 e. The maximum absolute atomic E-state index is 11.7. The third kappa shape index (κ3) is 5.51. The second-order valence-electron chi connectivity index (χ2n) is 8.30. The van der Waals surface area contributed by atoms with E-state index in [2.05, 4.69) is 40.7 Å². The highest BCUT2D eigenvalue weighted by Crippen LogP contribution is 2.23. The molecule has 1 atom stereocenters. The first kappa shape index (κ1) is 22.6. The molecule has 3 rings (SSSR count). The van der Waals surface area contributed by atoms with Crippen molar-refractivity contribution >= 4 is 15.9 Å². The van der Waals surface area contributed by atoms with Crippen LogP contribution >= 0.6 is 0 Å². The Hall–Kier alpha value is -2.13. The highest BCUT2D eigenvalue weighted by molar-refractivity contribution is 7.90. The number of ether oxygens (including phenoxy) is 1. The van der Waals surface area contributed by atoms with Gasteiger partial charge in [0.2, 0.25) is 0 Å². The highest BCUT2D eigenvalue weighted by Gasteiger charge is 2.24. The third-order valence-electron chi connectivity index (χ3n) is 5.52. The van der Waals surface area contributed by atoms with Crippen molar-refractivity contribution in [2.45, 2.75) is 51.0 Å². The zero-order chi connectivity index (χ0) is 21.9. The average Bonchev–Trinajstić information content (AvgIpc) is 3.19. The van der Waals surface area contributed by atoms with Gasteiger partial charge in [-0.15, -0.1) is 0 Å². The minimum Gasteiger partial charge on any atom is -0.493 e. The van der Waals surface area contributed by atoms with Crippen molar-refractivity contribution in [1.29, 1.82) is 0 Å². The lowest BCUT2D eigenvalue weighted by atomic mass is 10.2. The fraction of sp³-hybridized carbons (Fsp3) is 0.619. The minimum absolute atomic E-state index is 0.259. The van der Waals surface area contributed by atoms with Gasteiger partial charge in [-0.25, -0.2) is 8.42 Å².